The Labute approximate surface area is 91.7 Å². The maximum absolute atomic E-state index is 4.75. The van der Waals surface area contributed by atoms with E-state index in [1.54, 1.807) is 0 Å². The Kier molecular flexibility index (Phi) is 3.10. The van der Waals surface area contributed by atoms with Crippen molar-refractivity contribution in [2.24, 2.45) is 0 Å². The molecule has 1 aliphatic heterocycles. The molecule has 3 heteroatoms. The summed E-state index contributed by atoms with van der Waals surface area (Å²) in [6.45, 7) is 8.79. The highest BCUT2D eigenvalue weighted by molar-refractivity contribution is 5.18. The Hall–Kier alpha value is -0.830. The van der Waals surface area contributed by atoms with Gasteiger partial charge in [-0.15, -0.1) is 0 Å². The Bertz CT molecular complexity index is 322. The largest absolute Gasteiger partial charge is 0.346 e. The predicted octanol–water partition coefficient (Wildman–Crippen LogP) is 2.31. The number of piperidine rings is 1. The molecule has 1 aromatic rings. The van der Waals surface area contributed by atoms with Gasteiger partial charge in [0.25, 0.3) is 0 Å². The van der Waals surface area contributed by atoms with Crippen molar-refractivity contribution in [1.29, 1.82) is 0 Å². The molecular weight excluding hydrogens is 186 g/mol. The molecule has 1 fully saturated rings. The average Bonchev–Trinajstić information content (AvgIpc) is 2.62. The molecule has 1 saturated heterocycles. The molecule has 0 spiro atoms. The number of aryl methyl sites for hydroxylation is 1. The zero-order valence-corrected chi connectivity index (χ0v) is 9.93. The number of nitrogens with one attached hydrogen (secondary N) is 2. The summed E-state index contributed by atoms with van der Waals surface area (Å²) in [6.07, 6.45) is 2.43. The van der Waals surface area contributed by atoms with Gasteiger partial charge in [0.15, 0.2) is 0 Å². The Morgan fingerprint density at radius 2 is 1.93 bits per heavy atom. The molecule has 15 heavy (non-hydrogen) atoms. The van der Waals surface area contributed by atoms with Crippen LogP contribution in [0.15, 0.2) is 0 Å². The number of H-pyrrole nitrogens is 1. The Balaban J connectivity index is 2.17. The van der Waals surface area contributed by atoms with Crippen molar-refractivity contribution < 1.29 is 0 Å². The third kappa shape index (κ3) is 2.23. The molecule has 84 valence electrons. The third-order valence-electron chi connectivity index (χ3n) is 3.21. The van der Waals surface area contributed by atoms with Crippen LogP contribution in [0, 0.1) is 6.92 Å². The van der Waals surface area contributed by atoms with Gasteiger partial charge in [0.1, 0.15) is 5.82 Å². The van der Waals surface area contributed by atoms with Crippen molar-refractivity contribution in [1.82, 2.24) is 15.3 Å². The van der Waals surface area contributed by atoms with E-state index in [4.69, 9.17) is 4.98 Å². The van der Waals surface area contributed by atoms with Crippen molar-refractivity contribution in [3.05, 3.63) is 17.2 Å². The van der Waals surface area contributed by atoms with Crippen LogP contribution in [0.2, 0.25) is 0 Å². The van der Waals surface area contributed by atoms with Crippen LogP contribution in [0.1, 0.15) is 55.7 Å². The molecule has 2 heterocycles. The van der Waals surface area contributed by atoms with E-state index in [1.165, 1.54) is 30.1 Å². The fourth-order valence-electron chi connectivity index (χ4n) is 2.35. The van der Waals surface area contributed by atoms with Gasteiger partial charge in [-0.25, -0.2) is 4.98 Å². The number of nitrogens with zero attached hydrogens (tertiary/aromatic N) is 1. The first-order valence-electron chi connectivity index (χ1n) is 5.95. The van der Waals surface area contributed by atoms with E-state index < -0.39 is 0 Å². The first-order valence-corrected chi connectivity index (χ1v) is 5.95. The highest BCUT2D eigenvalue weighted by Crippen LogP contribution is 2.25. The lowest BCUT2D eigenvalue weighted by atomic mass is 9.98. The number of rotatable bonds is 2. The van der Waals surface area contributed by atoms with Crippen LogP contribution < -0.4 is 5.32 Å². The van der Waals surface area contributed by atoms with Gasteiger partial charge in [0.2, 0.25) is 0 Å². The average molecular weight is 207 g/mol. The van der Waals surface area contributed by atoms with Crippen LogP contribution in [0.3, 0.4) is 0 Å². The molecule has 2 N–H and O–H groups in total. The minimum Gasteiger partial charge on any atom is -0.346 e. The number of hydrogen-bond donors (Lipinski definition) is 2. The fraction of sp³-hybridized carbons (Fsp3) is 0.750. The highest BCUT2D eigenvalue weighted by Gasteiger charge is 2.20. The van der Waals surface area contributed by atoms with Crippen molar-refractivity contribution >= 4 is 0 Å². The lowest BCUT2D eigenvalue weighted by molar-refractivity contribution is 0.446. The van der Waals surface area contributed by atoms with Crippen LogP contribution in [-0.4, -0.2) is 23.1 Å². The van der Waals surface area contributed by atoms with E-state index in [9.17, 15) is 0 Å². The van der Waals surface area contributed by atoms with Gasteiger partial charge in [-0.1, -0.05) is 13.8 Å². The van der Waals surface area contributed by atoms with E-state index in [1.807, 2.05) is 0 Å². The van der Waals surface area contributed by atoms with Gasteiger partial charge in [0.05, 0.1) is 5.69 Å². The van der Waals surface area contributed by atoms with Crippen LogP contribution in [0.4, 0.5) is 0 Å². The Morgan fingerprint density at radius 3 is 2.47 bits per heavy atom. The lowest BCUT2D eigenvalue weighted by Crippen LogP contribution is -2.27. The second-order valence-corrected chi connectivity index (χ2v) is 4.81. The van der Waals surface area contributed by atoms with E-state index in [-0.39, 0.29) is 0 Å². The molecule has 3 nitrogen and oxygen atoms in total. The zero-order valence-electron chi connectivity index (χ0n) is 9.93. The van der Waals surface area contributed by atoms with Crippen molar-refractivity contribution in [3.8, 4) is 0 Å². The smallest absolute Gasteiger partial charge is 0.109 e. The standard InChI is InChI=1S/C12H21N3/c1-8(2)11-9(3)14-12(15-11)10-4-6-13-7-5-10/h8,10,13H,4-7H2,1-3H3,(H,14,15). The zero-order chi connectivity index (χ0) is 10.8. The molecule has 0 aliphatic carbocycles. The second kappa shape index (κ2) is 4.35. The quantitative estimate of drug-likeness (QED) is 0.781. The van der Waals surface area contributed by atoms with E-state index >= 15 is 0 Å². The Morgan fingerprint density at radius 1 is 1.27 bits per heavy atom. The summed E-state index contributed by atoms with van der Waals surface area (Å²) >= 11 is 0. The van der Waals surface area contributed by atoms with Crippen LogP contribution >= 0.6 is 0 Å². The molecule has 1 aromatic heterocycles. The SMILES string of the molecule is Cc1[nH]c(C2CCNCC2)nc1C(C)C. The molecule has 0 aromatic carbocycles. The number of aromatic amines is 1. The van der Waals surface area contributed by atoms with Gasteiger partial charge in [-0.2, -0.15) is 0 Å². The molecule has 0 bridgehead atoms. The molecule has 1 aliphatic rings. The van der Waals surface area contributed by atoms with Crippen LogP contribution in [-0.2, 0) is 0 Å². The first-order chi connectivity index (χ1) is 7.18. The van der Waals surface area contributed by atoms with E-state index in [0.717, 1.165) is 13.1 Å². The molecule has 0 atom stereocenters. The van der Waals surface area contributed by atoms with Crippen LogP contribution in [0.5, 0.6) is 0 Å². The molecule has 0 radical (unpaired) electrons. The second-order valence-electron chi connectivity index (χ2n) is 4.81. The summed E-state index contributed by atoms with van der Waals surface area (Å²) in [6, 6.07) is 0. The normalized spacial score (nSPS) is 18.7. The summed E-state index contributed by atoms with van der Waals surface area (Å²) < 4.78 is 0. The monoisotopic (exact) mass is 207 g/mol. The van der Waals surface area contributed by atoms with Gasteiger partial charge in [-0.3, -0.25) is 0 Å². The van der Waals surface area contributed by atoms with E-state index in [0.29, 0.717) is 11.8 Å². The first kappa shape index (κ1) is 10.7. The van der Waals surface area contributed by atoms with Gasteiger partial charge < -0.3 is 10.3 Å². The highest BCUT2D eigenvalue weighted by atomic mass is 15.0. The van der Waals surface area contributed by atoms with E-state index in [2.05, 4.69) is 31.1 Å². The van der Waals surface area contributed by atoms with Gasteiger partial charge in [0, 0.05) is 11.6 Å². The molecular formula is C12H21N3. The fourth-order valence-corrected chi connectivity index (χ4v) is 2.35. The minimum absolute atomic E-state index is 0.525. The number of aromatic nitrogens is 2. The maximum atomic E-state index is 4.75. The summed E-state index contributed by atoms with van der Waals surface area (Å²) in [4.78, 5) is 8.21. The van der Waals surface area contributed by atoms with Crippen molar-refractivity contribution in [3.63, 3.8) is 0 Å². The minimum atomic E-state index is 0.525. The van der Waals surface area contributed by atoms with Gasteiger partial charge >= 0.3 is 0 Å². The molecule has 0 amide bonds. The summed E-state index contributed by atoms with van der Waals surface area (Å²) in [5.41, 5.74) is 2.49. The molecule has 0 saturated carbocycles. The van der Waals surface area contributed by atoms with Crippen molar-refractivity contribution in [2.45, 2.75) is 45.4 Å². The third-order valence-corrected chi connectivity index (χ3v) is 3.21. The summed E-state index contributed by atoms with van der Waals surface area (Å²) in [5.74, 6) is 2.37. The predicted molar refractivity (Wildman–Crippen MR) is 62.3 cm³/mol. The number of imidazole rings is 1. The molecule has 2 rings (SSSR count). The van der Waals surface area contributed by atoms with Crippen molar-refractivity contribution in [2.75, 3.05) is 13.1 Å². The number of hydrogen-bond acceptors (Lipinski definition) is 2. The maximum Gasteiger partial charge on any atom is 0.109 e. The molecule has 0 unspecified atom stereocenters. The van der Waals surface area contributed by atoms with Crippen LogP contribution in [0.25, 0.3) is 0 Å². The summed E-state index contributed by atoms with van der Waals surface area (Å²) in [5, 5.41) is 3.39. The summed E-state index contributed by atoms with van der Waals surface area (Å²) in [7, 11) is 0. The lowest BCUT2D eigenvalue weighted by Gasteiger charge is -2.20. The topological polar surface area (TPSA) is 40.7 Å². The van der Waals surface area contributed by atoms with Gasteiger partial charge in [-0.05, 0) is 38.8 Å².